The van der Waals surface area contributed by atoms with Crippen LogP contribution in [-0.4, -0.2) is 12.8 Å². The largest absolute Gasteiger partial charge is 0.253 e. The number of nitrogens with zero attached hydrogens (tertiary/aromatic N) is 1. The highest BCUT2D eigenvalue weighted by Gasteiger charge is 1.96. The van der Waals surface area contributed by atoms with Crippen molar-refractivity contribution >= 4 is 24.2 Å². The maximum absolute atomic E-state index is 5.82. The minimum Gasteiger partial charge on any atom is -0.253 e. The molecule has 1 aromatic heterocycles. The first-order valence-corrected chi connectivity index (χ1v) is 4.89. The SMILES string of the molecule is CC.[2H]C.[B]c1cc(C)nc2ccccc12. The van der Waals surface area contributed by atoms with Crippen LogP contribution in [-0.2, 0) is 0 Å². The molecule has 0 aliphatic rings. The van der Waals surface area contributed by atoms with Gasteiger partial charge in [0.15, 0.2) is 0 Å². The Balaban J connectivity index is 0.000000509. The summed E-state index contributed by atoms with van der Waals surface area (Å²) in [7, 11) is 7.07. The summed E-state index contributed by atoms with van der Waals surface area (Å²) in [5.41, 5.74) is 2.74. The van der Waals surface area contributed by atoms with E-state index in [0.717, 1.165) is 22.1 Å². The Morgan fingerprint density at radius 2 is 1.87 bits per heavy atom. The van der Waals surface area contributed by atoms with Crippen LogP contribution in [0.5, 0.6) is 0 Å². The summed E-state index contributed by atoms with van der Waals surface area (Å²) in [4.78, 5) is 4.36. The van der Waals surface area contributed by atoms with Crippen molar-refractivity contribution in [3.05, 3.63) is 36.0 Å². The molecule has 1 nitrogen and oxygen atoms in total. The Labute approximate surface area is 95.4 Å². The van der Waals surface area contributed by atoms with Gasteiger partial charge in [-0.3, -0.25) is 4.98 Å². The van der Waals surface area contributed by atoms with Gasteiger partial charge in [0.1, 0.15) is 7.85 Å². The molecule has 0 fully saturated rings. The topological polar surface area (TPSA) is 12.9 Å². The first kappa shape index (κ1) is 11.8. The van der Waals surface area contributed by atoms with Gasteiger partial charge < -0.3 is 0 Å². The van der Waals surface area contributed by atoms with E-state index >= 15 is 0 Å². The fourth-order valence-electron chi connectivity index (χ4n) is 1.34. The maximum atomic E-state index is 5.82. The molecular formula is C13H18BN. The van der Waals surface area contributed by atoms with Crippen molar-refractivity contribution in [1.82, 2.24) is 4.98 Å². The molecule has 0 N–H and O–H groups in total. The van der Waals surface area contributed by atoms with Crippen molar-refractivity contribution < 1.29 is 1.37 Å². The van der Waals surface area contributed by atoms with Crippen molar-refractivity contribution in [2.45, 2.75) is 28.2 Å². The van der Waals surface area contributed by atoms with Crippen molar-refractivity contribution in [2.24, 2.45) is 0 Å². The van der Waals surface area contributed by atoms with Gasteiger partial charge in [0.05, 0.1) is 5.52 Å². The zero-order valence-corrected chi connectivity index (χ0v) is 9.91. The van der Waals surface area contributed by atoms with E-state index in [4.69, 9.17) is 9.22 Å². The molecule has 2 radical (unpaired) electrons. The van der Waals surface area contributed by atoms with Gasteiger partial charge in [-0.2, -0.15) is 0 Å². The van der Waals surface area contributed by atoms with E-state index in [1.54, 1.807) is 0 Å². The normalized spacial score (nSPS) is 9.20. The molecule has 78 valence electrons. The van der Waals surface area contributed by atoms with E-state index in [2.05, 4.69) is 4.98 Å². The van der Waals surface area contributed by atoms with Crippen LogP contribution in [0.15, 0.2) is 30.3 Å². The number of hydrogen-bond acceptors (Lipinski definition) is 1. The Morgan fingerprint density at radius 3 is 2.53 bits per heavy atom. The summed E-state index contributed by atoms with van der Waals surface area (Å²) in [5.74, 6) is 0. The van der Waals surface area contributed by atoms with Gasteiger partial charge >= 0.3 is 0 Å². The molecule has 2 heteroatoms. The second-order valence-electron chi connectivity index (χ2n) is 2.87. The lowest BCUT2D eigenvalue weighted by atomic mass is 9.92. The van der Waals surface area contributed by atoms with Crippen LogP contribution in [0.1, 0.15) is 28.3 Å². The molecule has 0 amide bonds. The second-order valence-corrected chi connectivity index (χ2v) is 2.87. The number of fused-ring (bicyclic) bond motifs is 1. The number of para-hydroxylation sites is 1. The molecule has 0 atom stereocenters. The first-order valence-electron chi connectivity index (χ1n) is 5.89. The minimum atomic E-state index is 0.804. The maximum Gasteiger partial charge on any atom is 0.114 e. The van der Waals surface area contributed by atoms with E-state index in [1.165, 1.54) is 7.40 Å². The molecule has 0 unspecified atom stereocenters. The minimum absolute atomic E-state index is 0.804. The second kappa shape index (κ2) is 6.23. The van der Waals surface area contributed by atoms with Crippen molar-refractivity contribution in [1.29, 1.82) is 0 Å². The molecule has 0 saturated carbocycles. The Bertz CT molecular complexity index is 429. The molecular weight excluding hydrogens is 181 g/mol. The third kappa shape index (κ3) is 3.09. The number of benzene rings is 1. The third-order valence-corrected chi connectivity index (χ3v) is 1.88. The van der Waals surface area contributed by atoms with Crippen LogP contribution in [0.25, 0.3) is 10.9 Å². The number of rotatable bonds is 0. The zero-order valence-electron chi connectivity index (χ0n) is 10.9. The van der Waals surface area contributed by atoms with Crippen molar-refractivity contribution in [3.63, 3.8) is 0 Å². The van der Waals surface area contributed by atoms with E-state index < -0.39 is 0 Å². The predicted octanol–water partition coefficient (Wildman–Crippen LogP) is 3.00. The summed E-state index contributed by atoms with van der Waals surface area (Å²) in [6.07, 6.45) is 0. The molecule has 15 heavy (non-hydrogen) atoms. The van der Waals surface area contributed by atoms with Gasteiger partial charge in [-0.05, 0) is 24.4 Å². The van der Waals surface area contributed by atoms with E-state index in [0.29, 0.717) is 0 Å². The van der Waals surface area contributed by atoms with Crippen molar-refractivity contribution in [3.8, 4) is 0 Å². The molecule has 0 aliphatic carbocycles. The van der Waals surface area contributed by atoms with Gasteiger partial charge in [0, 0.05) is 7.06 Å². The standard InChI is InChI=1S/C10H8BN.C2H6.CH4/c1-7-6-9(11)8-4-2-3-5-10(8)12-7;1-2;/h2-6H,1H3;1-2H3;1H4/i;;1D. The average Bonchev–Trinajstić information content (AvgIpc) is 2.34. The third-order valence-electron chi connectivity index (χ3n) is 1.88. The summed E-state index contributed by atoms with van der Waals surface area (Å²) in [6, 6.07) is 9.78. The highest BCUT2D eigenvalue weighted by molar-refractivity contribution is 6.38. The molecule has 2 aromatic rings. The van der Waals surface area contributed by atoms with Crippen LogP contribution < -0.4 is 5.46 Å². The molecule has 2 rings (SSSR count). The summed E-state index contributed by atoms with van der Waals surface area (Å²) < 4.78 is 5.75. The number of pyridine rings is 1. The Morgan fingerprint density at radius 1 is 1.27 bits per heavy atom. The van der Waals surface area contributed by atoms with Crippen LogP contribution in [0.3, 0.4) is 0 Å². The highest BCUT2D eigenvalue weighted by atomic mass is 14.7. The first-order chi connectivity index (χ1) is 7.77. The van der Waals surface area contributed by atoms with E-state index in [-0.39, 0.29) is 0 Å². The van der Waals surface area contributed by atoms with E-state index in [1.807, 2.05) is 51.1 Å². The predicted molar refractivity (Wildman–Crippen MR) is 69.9 cm³/mol. The molecule has 0 saturated heterocycles. The lowest BCUT2D eigenvalue weighted by Gasteiger charge is -2.02. The molecule has 0 bridgehead atoms. The van der Waals surface area contributed by atoms with Gasteiger partial charge in [0.25, 0.3) is 0 Å². The quantitative estimate of drug-likeness (QED) is 0.595. The molecule has 1 aromatic carbocycles. The lowest BCUT2D eigenvalue weighted by molar-refractivity contribution is 1.26. The van der Waals surface area contributed by atoms with E-state index in [9.17, 15) is 0 Å². The van der Waals surface area contributed by atoms with Crippen LogP contribution in [0, 0.1) is 6.92 Å². The fourth-order valence-corrected chi connectivity index (χ4v) is 1.34. The molecule has 1 heterocycles. The monoisotopic (exact) mass is 200 g/mol. The highest BCUT2D eigenvalue weighted by Crippen LogP contribution is 2.08. The summed E-state index contributed by atoms with van der Waals surface area (Å²) in [6.45, 7) is 5.95. The number of aromatic nitrogens is 1. The molecule has 0 aliphatic heterocycles. The Kier molecular flexibility index (Phi) is 4.89. The fraction of sp³-hybridized carbons (Fsp3) is 0.308. The average molecular weight is 200 g/mol. The smallest absolute Gasteiger partial charge is 0.114 e. The van der Waals surface area contributed by atoms with Crippen LogP contribution in [0.4, 0.5) is 0 Å². The molecule has 0 spiro atoms. The zero-order chi connectivity index (χ0) is 12.6. The Hall–Kier alpha value is -1.31. The van der Waals surface area contributed by atoms with Crippen molar-refractivity contribution in [2.75, 3.05) is 0 Å². The van der Waals surface area contributed by atoms with Gasteiger partial charge in [-0.1, -0.05) is 44.9 Å². The van der Waals surface area contributed by atoms with Gasteiger partial charge in [-0.25, -0.2) is 0 Å². The number of aryl methyl sites for hydroxylation is 1. The van der Waals surface area contributed by atoms with Gasteiger partial charge in [-0.15, -0.1) is 0 Å². The van der Waals surface area contributed by atoms with Gasteiger partial charge in [0.2, 0.25) is 0 Å². The summed E-state index contributed by atoms with van der Waals surface area (Å²) in [5, 5.41) is 1.03. The van der Waals surface area contributed by atoms with Crippen LogP contribution in [0.2, 0.25) is 0 Å². The van der Waals surface area contributed by atoms with Crippen LogP contribution >= 0.6 is 0 Å². The lowest BCUT2D eigenvalue weighted by Crippen LogP contribution is -2.05. The summed E-state index contributed by atoms with van der Waals surface area (Å²) >= 11 is 0. The number of hydrogen-bond donors (Lipinski definition) is 0.